The number of rotatable bonds is 5. The molecule has 2 amide bonds. The molecule has 0 spiro atoms. The second-order valence-corrected chi connectivity index (χ2v) is 8.56. The fraction of sp³-hybridized carbons (Fsp3) is 0.364. The van der Waals surface area contributed by atoms with Gasteiger partial charge in [-0.1, -0.05) is 6.07 Å². The van der Waals surface area contributed by atoms with Crippen molar-refractivity contribution in [2.24, 2.45) is 5.92 Å². The Morgan fingerprint density at radius 3 is 3.00 bits per heavy atom. The molecule has 0 saturated carbocycles. The number of pyridine rings is 1. The molecule has 1 unspecified atom stereocenters. The normalized spacial score (nSPS) is 17.7. The predicted octanol–water partition coefficient (Wildman–Crippen LogP) is 3.61. The van der Waals surface area contributed by atoms with Gasteiger partial charge in [-0.05, 0) is 54.9 Å². The van der Waals surface area contributed by atoms with E-state index in [1.807, 2.05) is 6.07 Å². The summed E-state index contributed by atoms with van der Waals surface area (Å²) in [5.41, 5.74) is 2.39. The number of thiophene rings is 1. The largest absolute Gasteiger partial charge is 0.449 e. The first-order chi connectivity index (χ1) is 14.6. The monoisotopic (exact) mass is 422 g/mol. The molecule has 7 nitrogen and oxygen atoms in total. The maximum absolute atomic E-state index is 12.3. The van der Waals surface area contributed by atoms with Crippen molar-refractivity contribution < 1.29 is 14.3 Å². The summed E-state index contributed by atoms with van der Waals surface area (Å²) in [5, 5.41) is 13.1. The van der Waals surface area contributed by atoms with E-state index in [4.69, 9.17) is 4.74 Å². The zero-order valence-corrected chi connectivity index (χ0v) is 17.3. The molecule has 154 valence electrons. The average molecular weight is 423 g/mol. The van der Waals surface area contributed by atoms with Crippen LogP contribution in [0.4, 0.5) is 9.80 Å². The molecule has 0 bridgehead atoms. The SMILES string of the molecule is N#Cc1c(NC(=O)C=Cc2cccnc2)sc2c1CCC(COC(=O)N1CCC1)C2. The van der Waals surface area contributed by atoms with E-state index in [9.17, 15) is 14.9 Å². The molecule has 0 radical (unpaired) electrons. The number of anilines is 1. The molecule has 1 saturated heterocycles. The molecule has 3 heterocycles. The number of hydrogen-bond acceptors (Lipinski definition) is 6. The topological polar surface area (TPSA) is 95.3 Å². The van der Waals surface area contributed by atoms with Crippen LogP contribution >= 0.6 is 11.3 Å². The van der Waals surface area contributed by atoms with Gasteiger partial charge in [0.05, 0.1) is 12.2 Å². The Balaban J connectivity index is 1.38. The van der Waals surface area contributed by atoms with Crippen molar-refractivity contribution in [2.75, 3.05) is 25.0 Å². The Hall–Kier alpha value is -3.18. The number of carbonyl (C=O) groups is 2. The third-order valence-electron chi connectivity index (χ3n) is 5.38. The summed E-state index contributed by atoms with van der Waals surface area (Å²) in [4.78, 5) is 31.0. The van der Waals surface area contributed by atoms with E-state index >= 15 is 0 Å². The van der Waals surface area contributed by atoms with Gasteiger partial charge in [-0.3, -0.25) is 9.78 Å². The maximum Gasteiger partial charge on any atom is 0.409 e. The molecule has 2 aromatic rings. The van der Waals surface area contributed by atoms with Crippen LogP contribution in [0.2, 0.25) is 0 Å². The lowest BCUT2D eigenvalue weighted by Crippen LogP contribution is -2.43. The number of nitrogens with one attached hydrogen (secondary N) is 1. The van der Waals surface area contributed by atoms with Gasteiger partial charge >= 0.3 is 6.09 Å². The van der Waals surface area contributed by atoms with Crippen molar-refractivity contribution in [2.45, 2.75) is 25.7 Å². The van der Waals surface area contributed by atoms with E-state index < -0.39 is 0 Å². The van der Waals surface area contributed by atoms with Crippen LogP contribution in [-0.4, -0.2) is 41.6 Å². The fourth-order valence-electron chi connectivity index (χ4n) is 3.58. The number of carbonyl (C=O) groups excluding carboxylic acids is 2. The number of aromatic nitrogens is 1. The van der Waals surface area contributed by atoms with Gasteiger partial charge in [-0.25, -0.2) is 4.79 Å². The minimum atomic E-state index is -0.283. The molecular formula is C22H22N4O3S. The van der Waals surface area contributed by atoms with Gasteiger partial charge in [0.2, 0.25) is 5.91 Å². The maximum atomic E-state index is 12.3. The highest BCUT2D eigenvalue weighted by Gasteiger charge is 2.28. The lowest BCUT2D eigenvalue weighted by Gasteiger charge is -2.31. The van der Waals surface area contributed by atoms with Gasteiger partial charge < -0.3 is 15.0 Å². The molecule has 1 fully saturated rings. The molecule has 2 aromatic heterocycles. The summed E-state index contributed by atoms with van der Waals surface area (Å²) < 4.78 is 5.45. The van der Waals surface area contributed by atoms with Crippen LogP contribution < -0.4 is 5.32 Å². The molecule has 0 aromatic carbocycles. The van der Waals surface area contributed by atoms with Gasteiger partial charge in [0.1, 0.15) is 11.1 Å². The fourth-order valence-corrected chi connectivity index (χ4v) is 4.90. The predicted molar refractivity (Wildman–Crippen MR) is 114 cm³/mol. The summed E-state index contributed by atoms with van der Waals surface area (Å²) in [5.74, 6) is -0.0454. The molecule has 1 aliphatic heterocycles. The van der Waals surface area contributed by atoms with Crippen molar-refractivity contribution in [1.29, 1.82) is 5.26 Å². The summed E-state index contributed by atoms with van der Waals surface area (Å²) in [6.07, 6.45) is 9.64. The van der Waals surface area contributed by atoms with E-state index in [1.165, 1.54) is 17.4 Å². The van der Waals surface area contributed by atoms with Crippen LogP contribution in [0, 0.1) is 17.2 Å². The number of fused-ring (bicyclic) bond motifs is 1. The van der Waals surface area contributed by atoms with Crippen LogP contribution in [0.5, 0.6) is 0 Å². The Bertz CT molecular complexity index is 1010. The second kappa shape index (κ2) is 9.09. The van der Waals surface area contributed by atoms with Gasteiger partial charge in [0, 0.05) is 36.4 Å². The Morgan fingerprint density at radius 2 is 2.30 bits per heavy atom. The molecule has 2 aliphatic rings. The smallest absolute Gasteiger partial charge is 0.409 e. The number of likely N-dealkylation sites (tertiary alicyclic amines) is 1. The van der Waals surface area contributed by atoms with Crippen molar-refractivity contribution in [3.8, 4) is 6.07 Å². The third kappa shape index (κ3) is 4.52. The van der Waals surface area contributed by atoms with Crippen LogP contribution in [0.15, 0.2) is 30.6 Å². The van der Waals surface area contributed by atoms with E-state index in [0.717, 1.165) is 54.8 Å². The lowest BCUT2D eigenvalue weighted by molar-refractivity contribution is -0.111. The molecule has 8 heteroatoms. The molecule has 1 N–H and O–H groups in total. The zero-order valence-electron chi connectivity index (χ0n) is 16.5. The Labute approximate surface area is 179 Å². The van der Waals surface area contributed by atoms with Gasteiger partial charge in [0.15, 0.2) is 0 Å². The number of hydrogen-bond donors (Lipinski definition) is 1. The van der Waals surface area contributed by atoms with Gasteiger partial charge in [-0.15, -0.1) is 11.3 Å². The summed E-state index contributed by atoms with van der Waals surface area (Å²) in [7, 11) is 0. The van der Waals surface area contributed by atoms with E-state index in [2.05, 4.69) is 16.4 Å². The number of nitriles is 1. The summed E-state index contributed by atoms with van der Waals surface area (Å²) in [6.45, 7) is 1.95. The highest BCUT2D eigenvalue weighted by molar-refractivity contribution is 7.16. The first-order valence-electron chi connectivity index (χ1n) is 9.99. The number of nitrogens with zero attached hydrogens (tertiary/aromatic N) is 3. The summed E-state index contributed by atoms with van der Waals surface area (Å²) >= 11 is 1.44. The van der Waals surface area contributed by atoms with E-state index in [0.29, 0.717) is 17.2 Å². The zero-order chi connectivity index (χ0) is 20.9. The van der Waals surface area contributed by atoms with Crippen molar-refractivity contribution >= 4 is 34.4 Å². The molecule has 4 rings (SSSR count). The van der Waals surface area contributed by atoms with E-state index in [1.54, 1.807) is 29.4 Å². The number of ether oxygens (including phenoxy) is 1. The lowest BCUT2D eigenvalue weighted by atomic mass is 9.88. The highest BCUT2D eigenvalue weighted by Crippen LogP contribution is 2.39. The molecule has 1 aliphatic carbocycles. The van der Waals surface area contributed by atoms with Crippen molar-refractivity contribution in [3.05, 3.63) is 52.2 Å². The first kappa shape index (κ1) is 20.1. The standard InChI is InChI=1S/C22H22N4O3S/c23-12-18-17-6-4-16(14-29-22(28)26-9-2-10-26)11-19(17)30-21(18)25-20(27)7-5-15-3-1-8-24-13-15/h1,3,5,7-8,13,16H,2,4,6,9-11,14H2,(H,25,27). The quantitative estimate of drug-likeness (QED) is 0.743. The van der Waals surface area contributed by atoms with Gasteiger partial charge in [0.25, 0.3) is 0 Å². The highest BCUT2D eigenvalue weighted by atomic mass is 32.1. The molecule has 30 heavy (non-hydrogen) atoms. The van der Waals surface area contributed by atoms with Gasteiger partial charge in [-0.2, -0.15) is 5.26 Å². The average Bonchev–Trinajstić information content (AvgIpc) is 3.06. The Kier molecular flexibility index (Phi) is 6.10. The van der Waals surface area contributed by atoms with Crippen molar-refractivity contribution in [1.82, 2.24) is 9.88 Å². The van der Waals surface area contributed by atoms with Crippen LogP contribution in [-0.2, 0) is 22.4 Å². The summed E-state index contributed by atoms with van der Waals surface area (Å²) in [6, 6.07) is 5.91. The molecule has 1 atom stereocenters. The Morgan fingerprint density at radius 1 is 1.43 bits per heavy atom. The third-order valence-corrected chi connectivity index (χ3v) is 6.55. The number of amides is 2. The first-order valence-corrected chi connectivity index (χ1v) is 10.8. The van der Waals surface area contributed by atoms with Crippen LogP contribution in [0.25, 0.3) is 6.08 Å². The van der Waals surface area contributed by atoms with Crippen molar-refractivity contribution in [3.63, 3.8) is 0 Å². The van der Waals surface area contributed by atoms with Crippen LogP contribution in [0.1, 0.15) is 34.4 Å². The van der Waals surface area contributed by atoms with Crippen LogP contribution in [0.3, 0.4) is 0 Å². The second-order valence-electron chi connectivity index (χ2n) is 7.46. The molecular weight excluding hydrogens is 400 g/mol. The van der Waals surface area contributed by atoms with E-state index in [-0.39, 0.29) is 17.9 Å². The minimum absolute atomic E-state index is 0.232. The minimum Gasteiger partial charge on any atom is -0.449 e.